The van der Waals surface area contributed by atoms with Crippen molar-refractivity contribution >= 4 is 11.6 Å². The second-order valence-corrected chi connectivity index (χ2v) is 5.47. The molecular formula is C16H20N4O. The molecule has 0 spiro atoms. The Bertz CT molecular complexity index is 600. The summed E-state index contributed by atoms with van der Waals surface area (Å²) in [6, 6.07) is 10.4. The average molecular weight is 284 g/mol. The number of aromatic nitrogens is 2. The number of anilines is 1. The van der Waals surface area contributed by atoms with E-state index in [1.54, 1.807) is 6.20 Å². The Morgan fingerprint density at radius 2 is 2.05 bits per heavy atom. The molecule has 3 rings (SSSR count). The van der Waals surface area contributed by atoms with Crippen LogP contribution in [0.2, 0.25) is 0 Å². The summed E-state index contributed by atoms with van der Waals surface area (Å²) in [5, 5.41) is 6.72. The fourth-order valence-electron chi connectivity index (χ4n) is 2.70. The smallest absolute Gasteiger partial charge is 0.228 e. The van der Waals surface area contributed by atoms with Crippen molar-refractivity contribution in [3.8, 4) is 0 Å². The molecule has 0 aliphatic carbocycles. The van der Waals surface area contributed by atoms with E-state index in [1.807, 2.05) is 11.0 Å². The molecule has 1 N–H and O–H groups in total. The molecular weight excluding hydrogens is 264 g/mol. The number of rotatable bonds is 3. The number of hydrogen-bond acceptors (Lipinski definition) is 3. The van der Waals surface area contributed by atoms with Crippen molar-refractivity contribution in [2.24, 2.45) is 0 Å². The zero-order valence-corrected chi connectivity index (χ0v) is 12.2. The van der Waals surface area contributed by atoms with E-state index in [9.17, 15) is 4.79 Å². The predicted octanol–water partition coefficient (Wildman–Crippen LogP) is 1.61. The summed E-state index contributed by atoms with van der Waals surface area (Å²) in [7, 11) is 0. The molecule has 1 amide bonds. The lowest BCUT2D eigenvalue weighted by Crippen LogP contribution is -2.49. The van der Waals surface area contributed by atoms with Gasteiger partial charge in [-0.1, -0.05) is 12.1 Å². The Labute approximate surface area is 124 Å². The molecule has 0 unspecified atom stereocenters. The Hall–Kier alpha value is -2.30. The molecule has 110 valence electrons. The van der Waals surface area contributed by atoms with Crippen LogP contribution in [0.25, 0.3) is 0 Å². The number of nitrogens with one attached hydrogen (secondary N) is 1. The van der Waals surface area contributed by atoms with Crippen LogP contribution in [0.3, 0.4) is 0 Å². The largest absolute Gasteiger partial charge is 0.368 e. The first kappa shape index (κ1) is 13.7. The Morgan fingerprint density at radius 3 is 2.71 bits per heavy atom. The minimum atomic E-state index is 0.170. The summed E-state index contributed by atoms with van der Waals surface area (Å²) in [6.07, 6.45) is 2.09. The first-order chi connectivity index (χ1) is 10.2. The van der Waals surface area contributed by atoms with Crippen molar-refractivity contribution in [2.45, 2.75) is 13.3 Å². The van der Waals surface area contributed by atoms with E-state index in [4.69, 9.17) is 0 Å². The molecule has 1 aliphatic heterocycles. The Morgan fingerprint density at radius 1 is 1.24 bits per heavy atom. The maximum Gasteiger partial charge on any atom is 0.228 e. The van der Waals surface area contributed by atoms with E-state index >= 15 is 0 Å². The molecule has 2 heterocycles. The molecule has 1 aromatic carbocycles. The number of nitrogens with zero attached hydrogens (tertiary/aromatic N) is 3. The number of aryl methyl sites for hydroxylation is 1. The number of carbonyl (C=O) groups is 1. The van der Waals surface area contributed by atoms with Crippen molar-refractivity contribution in [3.05, 3.63) is 47.8 Å². The highest BCUT2D eigenvalue weighted by Gasteiger charge is 2.21. The number of carbonyl (C=O) groups excluding carboxylic acids is 1. The minimum Gasteiger partial charge on any atom is -0.368 e. The fraction of sp³-hybridized carbons (Fsp3) is 0.375. The molecule has 1 fully saturated rings. The third-order valence-corrected chi connectivity index (χ3v) is 3.90. The number of H-pyrrole nitrogens is 1. The molecule has 1 aromatic heterocycles. The van der Waals surface area contributed by atoms with Gasteiger partial charge >= 0.3 is 0 Å². The third-order valence-electron chi connectivity index (χ3n) is 3.90. The number of piperazine rings is 1. The highest BCUT2D eigenvalue weighted by Crippen LogP contribution is 2.18. The summed E-state index contributed by atoms with van der Waals surface area (Å²) < 4.78 is 0. The second kappa shape index (κ2) is 5.99. The summed E-state index contributed by atoms with van der Waals surface area (Å²) >= 11 is 0. The molecule has 1 saturated heterocycles. The standard InChI is InChI=1S/C16H20N4O/c1-13-3-2-4-15(11-13)19-7-9-20(10-8-19)16(21)12-14-5-6-17-18-14/h2-6,11H,7-10,12H2,1H3,(H,17,18). The number of hydrogen-bond donors (Lipinski definition) is 1. The van der Waals surface area contributed by atoms with E-state index in [0.717, 1.165) is 31.9 Å². The zero-order valence-electron chi connectivity index (χ0n) is 12.2. The van der Waals surface area contributed by atoms with Crippen LogP contribution in [0.4, 0.5) is 5.69 Å². The van der Waals surface area contributed by atoms with Gasteiger partial charge in [0.2, 0.25) is 5.91 Å². The van der Waals surface area contributed by atoms with Crippen molar-refractivity contribution in [3.63, 3.8) is 0 Å². The third kappa shape index (κ3) is 3.24. The lowest BCUT2D eigenvalue weighted by molar-refractivity contribution is -0.130. The van der Waals surface area contributed by atoms with Gasteiger partial charge in [-0.05, 0) is 30.7 Å². The van der Waals surface area contributed by atoms with E-state index in [2.05, 4.69) is 46.3 Å². The van der Waals surface area contributed by atoms with Crippen LogP contribution in [0.5, 0.6) is 0 Å². The summed E-state index contributed by atoms with van der Waals surface area (Å²) in [5.41, 5.74) is 3.39. The normalized spacial score (nSPS) is 15.3. The van der Waals surface area contributed by atoms with Crippen LogP contribution in [-0.4, -0.2) is 47.2 Å². The average Bonchev–Trinajstić information content (AvgIpc) is 3.00. The van der Waals surface area contributed by atoms with Gasteiger partial charge in [0.1, 0.15) is 0 Å². The fourth-order valence-corrected chi connectivity index (χ4v) is 2.70. The molecule has 0 saturated carbocycles. The van der Waals surface area contributed by atoms with Crippen LogP contribution >= 0.6 is 0 Å². The van der Waals surface area contributed by atoms with Crippen molar-refractivity contribution in [1.82, 2.24) is 15.1 Å². The molecule has 2 aromatic rings. The molecule has 21 heavy (non-hydrogen) atoms. The summed E-state index contributed by atoms with van der Waals surface area (Å²) in [4.78, 5) is 16.5. The van der Waals surface area contributed by atoms with Crippen molar-refractivity contribution < 1.29 is 4.79 Å². The SMILES string of the molecule is Cc1cccc(N2CCN(C(=O)Cc3ccn[nH]3)CC2)c1. The summed E-state index contributed by atoms with van der Waals surface area (Å²) in [6.45, 7) is 5.44. The summed E-state index contributed by atoms with van der Waals surface area (Å²) in [5.74, 6) is 0.170. The van der Waals surface area contributed by atoms with Crippen LogP contribution in [-0.2, 0) is 11.2 Å². The van der Waals surface area contributed by atoms with Gasteiger partial charge in [-0.2, -0.15) is 5.10 Å². The first-order valence-corrected chi connectivity index (χ1v) is 7.30. The van der Waals surface area contributed by atoms with Gasteiger partial charge in [0.15, 0.2) is 0 Å². The Balaban J connectivity index is 1.56. The van der Waals surface area contributed by atoms with Gasteiger partial charge in [0.25, 0.3) is 0 Å². The van der Waals surface area contributed by atoms with Crippen LogP contribution < -0.4 is 4.90 Å². The predicted molar refractivity (Wildman–Crippen MR) is 82.3 cm³/mol. The van der Waals surface area contributed by atoms with Gasteiger partial charge in [-0.3, -0.25) is 9.89 Å². The highest BCUT2D eigenvalue weighted by atomic mass is 16.2. The minimum absolute atomic E-state index is 0.170. The van der Waals surface area contributed by atoms with E-state index < -0.39 is 0 Å². The van der Waals surface area contributed by atoms with Crippen LogP contribution in [0.1, 0.15) is 11.3 Å². The van der Waals surface area contributed by atoms with Crippen molar-refractivity contribution in [2.75, 3.05) is 31.1 Å². The molecule has 5 heteroatoms. The highest BCUT2D eigenvalue weighted by molar-refractivity contribution is 5.78. The lowest BCUT2D eigenvalue weighted by atomic mass is 10.2. The molecule has 0 atom stereocenters. The monoisotopic (exact) mass is 284 g/mol. The van der Waals surface area contributed by atoms with Gasteiger partial charge in [0, 0.05) is 43.8 Å². The first-order valence-electron chi connectivity index (χ1n) is 7.30. The molecule has 0 bridgehead atoms. The quantitative estimate of drug-likeness (QED) is 0.931. The second-order valence-electron chi connectivity index (χ2n) is 5.47. The van der Waals surface area contributed by atoms with Gasteiger partial charge in [-0.25, -0.2) is 0 Å². The lowest BCUT2D eigenvalue weighted by Gasteiger charge is -2.36. The van der Waals surface area contributed by atoms with Crippen LogP contribution in [0, 0.1) is 6.92 Å². The van der Waals surface area contributed by atoms with Gasteiger partial charge < -0.3 is 9.80 Å². The maximum absolute atomic E-state index is 12.2. The Kier molecular flexibility index (Phi) is 3.90. The van der Waals surface area contributed by atoms with Crippen molar-refractivity contribution in [1.29, 1.82) is 0 Å². The number of aromatic amines is 1. The van der Waals surface area contributed by atoms with Gasteiger partial charge in [0.05, 0.1) is 6.42 Å². The zero-order chi connectivity index (χ0) is 14.7. The molecule has 1 aliphatic rings. The number of benzene rings is 1. The van der Waals surface area contributed by atoms with E-state index in [0.29, 0.717) is 6.42 Å². The topological polar surface area (TPSA) is 52.2 Å². The molecule has 5 nitrogen and oxygen atoms in total. The van der Waals surface area contributed by atoms with Gasteiger partial charge in [-0.15, -0.1) is 0 Å². The number of amides is 1. The maximum atomic E-state index is 12.2. The van der Waals surface area contributed by atoms with E-state index in [1.165, 1.54) is 11.3 Å². The van der Waals surface area contributed by atoms with E-state index in [-0.39, 0.29) is 5.91 Å². The molecule has 0 radical (unpaired) electrons. The van der Waals surface area contributed by atoms with Crippen LogP contribution in [0.15, 0.2) is 36.5 Å².